The Morgan fingerprint density at radius 2 is 2.23 bits per heavy atom. The zero-order valence-electron chi connectivity index (χ0n) is 8.68. The van der Waals surface area contributed by atoms with E-state index >= 15 is 0 Å². The third-order valence-electron chi connectivity index (χ3n) is 3.45. The van der Waals surface area contributed by atoms with Crippen molar-refractivity contribution in [2.24, 2.45) is 0 Å². The van der Waals surface area contributed by atoms with Crippen LogP contribution >= 0.6 is 12.4 Å². The van der Waals surface area contributed by atoms with Crippen LogP contribution in [0, 0.1) is 0 Å². The zero-order valence-corrected chi connectivity index (χ0v) is 9.49. The maximum Gasteiger partial charge on any atom is 0.0195 e. The fraction of sp³-hybridized carbons (Fsp3) is 1.00. The van der Waals surface area contributed by atoms with E-state index in [-0.39, 0.29) is 12.4 Å². The highest BCUT2D eigenvalue weighted by Crippen LogP contribution is 2.29. The number of likely N-dealkylation sites (tertiary alicyclic amines) is 1. The van der Waals surface area contributed by atoms with Gasteiger partial charge in [-0.15, -0.1) is 12.4 Å². The van der Waals surface area contributed by atoms with Crippen LogP contribution < -0.4 is 5.32 Å². The van der Waals surface area contributed by atoms with E-state index in [4.69, 9.17) is 0 Å². The third-order valence-corrected chi connectivity index (χ3v) is 3.45. The largest absolute Gasteiger partial charge is 0.313 e. The van der Waals surface area contributed by atoms with E-state index in [2.05, 4.69) is 24.1 Å². The minimum Gasteiger partial charge on any atom is -0.313 e. The van der Waals surface area contributed by atoms with Crippen molar-refractivity contribution < 1.29 is 0 Å². The molecule has 2 aliphatic heterocycles. The molecule has 2 heterocycles. The average Bonchev–Trinajstić information content (AvgIpc) is 2.50. The Kier molecular flexibility index (Phi) is 3.61. The van der Waals surface area contributed by atoms with E-state index in [9.17, 15) is 0 Å². The molecule has 78 valence electrons. The van der Waals surface area contributed by atoms with Gasteiger partial charge < -0.3 is 5.32 Å². The summed E-state index contributed by atoms with van der Waals surface area (Å²) in [4.78, 5) is 2.61. The normalized spacial score (nSPS) is 32.3. The minimum atomic E-state index is 0. The first kappa shape index (κ1) is 11.3. The predicted molar refractivity (Wildman–Crippen MR) is 58.5 cm³/mol. The van der Waals surface area contributed by atoms with E-state index in [0.29, 0.717) is 5.54 Å². The van der Waals surface area contributed by atoms with Crippen molar-refractivity contribution in [2.45, 2.75) is 44.7 Å². The number of hydrogen-bond donors (Lipinski definition) is 1. The van der Waals surface area contributed by atoms with Crippen LogP contribution in [-0.4, -0.2) is 36.1 Å². The number of hydrogen-bond acceptors (Lipinski definition) is 2. The van der Waals surface area contributed by atoms with Gasteiger partial charge in [0.15, 0.2) is 0 Å². The van der Waals surface area contributed by atoms with Gasteiger partial charge in [-0.1, -0.05) is 0 Å². The lowest BCUT2D eigenvalue weighted by molar-refractivity contribution is 0.00927. The van der Waals surface area contributed by atoms with Crippen LogP contribution in [0.1, 0.15) is 33.1 Å². The molecule has 0 aromatic rings. The highest BCUT2D eigenvalue weighted by molar-refractivity contribution is 5.85. The van der Waals surface area contributed by atoms with Gasteiger partial charge in [0, 0.05) is 24.7 Å². The van der Waals surface area contributed by atoms with Crippen molar-refractivity contribution in [3.8, 4) is 0 Å². The fourth-order valence-corrected chi connectivity index (χ4v) is 2.23. The molecule has 0 bridgehead atoms. The topological polar surface area (TPSA) is 15.3 Å². The lowest BCUT2D eigenvalue weighted by atomic mass is 9.88. The molecule has 0 saturated carbocycles. The Morgan fingerprint density at radius 3 is 2.62 bits per heavy atom. The zero-order chi connectivity index (χ0) is 8.60. The first-order chi connectivity index (χ1) is 5.68. The highest BCUT2D eigenvalue weighted by atomic mass is 35.5. The molecule has 2 rings (SSSR count). The molecule has 0 aromatic heterocycles. The maximum absolute atomic E-state index is 3.55. The van der Waals surface area contributed by atoms with Gasteiger partial charge in [0.25, 0.3) is 0 Å². The van der Waals surface area contributed by atoms with Crippen LogP contribution in [0.2, 0.25) is 0 Å². The summed E-state index contributed by atoms with van der Waals surface area (Å²) in [6.07, 6.45) is 4.13. The Hall–Kier alpha value is 0.210. The molecule has 1 atom stereocenters. The van der Waals surface area contributed by atoms with Gasteiger partial charge in [-0.3, -0.25) is 4.90 Å². The van der Waals surface area contributed by atoms with Crippen molar-refractivity contribution in [2.75, 3.05) is 19.6 Å². The van der Waals surface area contributed by atoms with Gasteiger partial charge in [-0.2, -0.15) is 0 Å². The summed E-state index contributed by atoms with van der Waals surface area (Å²) in [5, 5.41) is 3.55. The summed E-state index contributed by atoms with van der Waals surface area (Å²) >= 11 is 0. The van der Waals surface area contributed by atoms with Crippen molar-refractivity contribution in [3.05, 3.63) is 0 Å². The molecule has 2 aliphatic rings. The summed E-state index contributed by atoms with van der Waals surface area (Å²) in [7, 11) is 0. The minimum absolute atomic E-state index is 0. The Bertz CT molecular complexity index is 164. The predicted octanol–water partition coefficient (Wildman–Crippen LogP) is 1.64. The second kappa shape index (κ2) is 4.16. The summed E-state index contributed by atoms with van der Waals surface area (Å²) in [5.74, 6) is 0. The smallest absolute Gasteiger partial charge is 0.0195 e. The van der Waals surface area contributed by atoms with Crippen LogP contribution in [0.5, 0.6) is 0 Å². The number of nitrogens with zero attached hydrogens (tertiary/aromatic N) is 1. The van der Waals surface area contributed by atoms with Gasteiger partial charge >= 0.3 is 0 Å². The summed E-state index contributed by atoms with van der Waals surface area (Å²) in [6, 6.07) is 0.782. The Labute approximate surface area is 87.5 Å². The molecule has 0 amide bonds. The van der Waals surface area contributed by atoms with E-state index < -0.39 is 0 Å². The van der Waals surface area contributed by atoms with E-state index in [1.54, 1.807) is 0 Å². The molecule has 0 spiro atoms. The molecular weight excluding hydrogens is 184 g/mol. The Balaban J connectivity index is 0.000000845. The van der Waals surface area contributed by atoms with Crippen LogP contribution in [0.3, 0.4) is 0 Å². The van der Waals surface area contributed by atoms with Crippen LogP contribution in [-0.2, 0) is 0 Å². The lowest BCUT2D eigenvalue weighted by Crippen LogP contribution is -2.58. The quantitative estimate of drug-likeness (QED) is 0.736. The lowest BCUT2D eigenvalue weighted by Gasteiger charge is -2.49. The number of nitrogens with one attached hydrogen (secondary N) is 1. The first-order valence-electron chi connectivity index (χ1n) is 5.17. The second-order valence-electron chi connectivity index (χ2n) is 4.80. The molecule has 0 unspecified atom stereocenters. The van der Waals surface area contributed by atoms with E-state index in [1.165, 1.54) is 38.9 Å². The first-order valence-corrected chi connectivity index (χ1v) is 5.17. The second-order valence-corrected chi connectivity index (χ2v) is 4.80. The van der Waals surface area contributed by atoms with Crippen molar-refractivity contribution in [1.82, 2.24) is 10.2 Å². The molecule has 13 heavy (non-hydrogen) atoms. The molecule has 0 aliphatic carbocycles. The molecule has 2 fully saturated rings. The van der Waals surface area contributed by atoms with Gasteiger partial charge in [0.1, 0.15) is 0 Å². The third kappa shape index (κ3) is 2.36. The standard InChI is InChI=1S/C10H20N2.ClH/c1-10(2)5-7-12(10)8-9-4-3-6-11-9;/h9,11H,3-8H2,1-2H3;1H/t9-;/m0./s1. The average molecular weight is 205 g/mol. The summed E-state index contributed by atoms with van der Waals surface area (Å²) in [5.41, 5.74) is 0.490. The van der Waals surface area contributed by atoms with Crippen molar-refractivity contribution >= 4 is 12.4 Å². The Morgan fingerprint density at radius 1 is 1.46 bits per heavy atom. The van der Waals surface area contributed by atoms with Crippen LogP contribution in [0.4, 0.5) is 0 Å². The van der Waals surface area contributed by atoms with Gasteiger partial charge in [0.05, 0.1) is 0 Å². The number of halogens is 1. The molecule has 0 aromatic carbocycles. The van der Waals surface area contributed by atoms with Crippen LogP contribution in [0.25, 0.3) is 0 Å². The number of rotatable bonds is 2. The SMILES string of the molecule is CC1(C)CCN1C[C@@H]1CCCN1.Cl. The molecular formula is C10H21ClN2. The van der Waals surface area contributed by atoms with E-state index in [0.717, 1.165) is 6.04 Å². The molecule has 2 saturated heterocycles. The summed E-state index contributed by atoms with van der Waals surface area (Å²) in [6.45, 7) is 8.52. The molecule has 2 nitrogen and oxygen atoms in total. The van der Waals surface area contributed by atoms with Gasteiger partial charge in [-0.05, 0) is 39.7 Å². The molecule has 0 radical (unpaired) electrons. The highest BCUT2D eigenvalue weighted by Gasteiger charge is 2.36. The molecule has 1 N–H and O–H groups in total. The van der Waals surface area contributed by atoms with Crippen molar-refractivity contribution in [1.29, 1.82) is 0 Å². The summed E-state index contributed by atoms with van der Waals surface area (Å²) < 4.78 is 0. The van der Waals surface area contributed by atoms with Gasteiger partial charge in [0.2, 0.25) is 0 Å². The van der Waals surface area contributed by atoms with E-state index in [1.807, 2.05) is 0 Å². The fourth-order valence-electron chi connectivity index (χ4n) is 2.23. The van der Waals surface area contributed by atoms with Gasteiger partial charge in [-0.25, -0.2) is 0 Å². The maximum atomic E-state index is 3.55. The monoisotopic (exact) mass is 204 g/mol. The molecule has 3 heteroatoms. The van der Waals surface area contributed by atoms with Crippen molar-refractivity contribution in [3.63, 3.8) is 0 Å². The van der Waals surface area contributed by atoms with Crippen LogP contribution in [0.15, 0.2) is 0 Å².